The average molecular weight is 372 g/mol. The Kier molecular flexibility index (Phi) is 4.00. The van der Waals surface area contributed by atoms with E-state index >= 15 is 0 Å². The van der Waals surface area contributed by atoms with E-state index in [2.05, 4.69) is 53.2 Å². The molecule has 0 bridgehead atoms. The Hall–Kier alpha value is -3.01. The Bertz CT molecular complexity index is 1080. The van der Waals surface area contributed by atoms with Crippen LogP contribution >= 0.6 is 0 Å². The number of aromatic amines is 1. The van der Waals surface area contributed by atoms with Crippen molar-refractivity contribution in [3.63, 3.8) is 0 Å². The highest BCUT2D eigenvalue weighted by Gasteiger charge is 2.41. The van der Waals surface area contributed by atoms with Crippen molar-refractivity contribution in [1.29, 1.82) is 0 Å². The molecule has 142 valence electrons. The standard InChI is InChI=1S/C24H24N2O2/c1-15-22(24(27)28-2)19(16-8-4-3-5-9-16)14-21-23-18(12-13-26(15)21)17-10-6-7-11-20(17)25-23/h3-11,19,21,25H,12-14H2,1-2H3/t19-,21-/m1/s1. The number of rotatable bonds is 2. The summed E-state index contributed by atoms with van der Waals surface area (Å²) in [5.74, 6) is -0.181. The maximum atomic E-state index is 12.7. The third kappa shape index (κ3) is 2.48. The lowest BCUT2D eigenvalue weighted by Crippen LogP contribution is -2.40. The Labute approximate surface area is 164 Å². The fourth-order valence-corrected chi connectivity index (χ4v) is 5.10. The van der Waals surface area contributed by atoms with Gasteiger partial charge in [0.1, 0.15) is 0 Å². The minimum Gasteiger partial charge on any atom is -0.466 e. The minimum absolute atomic E-state index is 0.0345. The molecule has 0 aliphatic carbocycles. The molecule has 28 heavy (non-hydrogen) atoms. The van der Waals surface area contributed by atoms with E-state index in [1.165, 1.54) is 34.8 Å². The van der Waals surface area contributed by atoms with Crippen LogP contribution in [0.5, 0.6) is 0 Å². The lowest BCUT2D eigenvalue weighted by molar-refractivity contribution is -0.137. The first-order chi connectivity index (χ1) is 13.7. The van der Waals surface area contributed by atoms with Crippen molar-refractivity contribution < 1.29 is 9.53 Å². The van der Waals surface area contributed by atoms with Crippen LogP contribution in [-0.4, -0.2) is 29.5 Å². The topological polar surface area (TPSA) is 45.3 Å². The number of carbonyl (C=O) groups excluding carboxylic acids is 1. The van der Waals surface area contributed by atoms with E-state index in [0.29, 0.717) is 0 Å². The number of esters is 1. The SMILES string of the molecule is COC(=O)C1=C(C)N2CCc3c([nH]c4ccccc34)[C@H]2C[C@@H]1c1ccccc1. The molecule has 1 N–H and O–H groups in total. The van der Waals surface area contributed by atoms with E-state index in [-0.39, 0.29) is 17.9 Å². The number of hydrogen-bond donors (Lipinski definition) is 1. The molecule has 0 saturated carbocycles. The van der Waals surface area contributed by atoms with Crippen LogP contribution in [0.1, 0.15) is 42.1 Å². The van der Waals surface area contributed by atoms with Gasteiger partial charge in [-0.25, -0.2) is 4.79 Å². The van der Waals surface area contributed by atoms with Crippen molar-refractivity contribution in [2.24, 2.45) is 0 Å². The largest absolute Gasteiger partial charge is 0.466 e. The van der Waals surface area contributed by atoms with Crippen LogP contribution in [0, 0.1) is 0 Å². The fraction of sp³-hybridized carbons (Fsp3) is 0.292. The third-order valence-corrected chi connectivity index (χ3v) is 6.39. The number of benzene rings is 2. The molecule has 0 saturated heterocycles. The van der Waals surface area contributed by atoms with Gasteiger partial charge in [0.05, 0.1) is 18.7 Å². The number of ether oxygens (including phenoxy) is 1. The van der Waals surface area contributed by atoms with Crippen LogP contribution in [0.25, 0.3) is 10.9 Å². The van der Waals surface area contributed by atoms with Gasteiger partial charge in [-0.3, -0.25) is 0 Å². The van der Waals surface area contributed by atoms with Gasteiger partial charge < -0.3 is 14.6 Å². The maximum Gasteiger partial charge on any atom is 0.336 e. The molecule has 3 heterocycles. The molecule has 2 aliphatic heterocycles. The van der Waals surface area contributed by atoms with Crippen LogP contribution in [0.4, 0.5) is 0 Å². The maximum absolute atomic E-state index is 12.7. The number of allylic oxidation sites excluding steroid dienone is 1. The predicted molar refractivity (Wildman–Crippen MR) is 110 cm³/mol. The van der Waals surface area contributed by atoms with Gasteiger partial charge in [-0.05, 0) is 37.0 Å². The zero-order valence-corrected chi connectivity index (χ0v) is 16.2. The summed E-state index contributed by atoms with van der Waals surface area (Å²) in [5.41, 5.74) is 6.94. The first kappa shape index (κ1) is 17.1. The predicted octanol–water partition coefficient (Wildman–Crippen LogP) is 4.70. The summed E-state index contributed by atoms with van der Waals surface area (Å²) < 4.78 is 5.18. The summed E-state index contributed by atoms with van der Waals surface area (Å²) >= 11 is 0. The van der Waals surface area contributed by atoms with E-state index in [9.17, 15) is 4.79 Å². The second kappa shape index (κ2) is 6.55. The first-order valence-corrected chi connectivity index (χ1v) is 9.89. The zero-order chi connectivity index (χ0) is 19.3. The summed E-state index contributed by atoms with van der Waals surface area (Å²) in [7, 11) is 1.47. The van der Waals surface area contributed by atoms with Gasteiger partial charge in [0.15, 0.2) is 0 Å². The normalized spacial score (nSPS) is 21.4. The van der Waals surface area contributed by atoms with Gasteiger partial charge in [-0.1, -0.05) is 48.5 Å². The number of aromatic nitrogens is 1. The molecule has 0 radical (unpaired) electrons. The average Bonchev–Trinajstić information content (AvgIpc) is 3.13. The number of para-hydroxylation sites is 1. The Morgan fingerprint density at radius 3 is 2.64 bits per heavy atom. The minimum atomic E-state index is -0.216. The number of H-pyrrole nitrogens is 1. The number of methoxy groups -OCH3 is 1. The molecule has 0 unspecified atom stereocenters. The monoisotopic (exact) mass is 372 g/mol. The summed E-state index contributed by atoms with van der Waals surface area (Å²) in [6, 6.07) is 19.1. The molecule has 0 spiro atoms. The molecule has 2 aromatic carbocycles. The van der Waals surface area contributed by atoms with E-state index in [4.69, 9.17) is 4.74 Å². The summed E-state index contributed by atoms with van der Waals surface area (Å²) in [6.45, 7) is 3.00. The number of hydrogen-bond acceptors (Lipinski definition) is 3. The lowest BCUT2D eigenvalue weighted by atomic mass is 9.78. The zero-order valence-electron chi connectivity index (χ0n) is 16.2. The van der Waals surface area contributed by atoms with Crippen LogP contribution in [-0.2, 0) is 16.0 Å². The molecule has 0 amide bonds. The van der Waals surface area contributed by atoms with Gasteiger partial charge in [0.25, 0.3) is 0 Å². The van der Waals surface area contributed by atoms with Crippen molar-refractivity contribution in [2.75, 3.05) is 13.7 Å². The molecule has 2 atom stereocenters. The third-order valence-electron chi connectivity index (χ3n) is 6.39. The van der Waals surface area contributed by atoms with Crippen LogP contribution in [0.3, 0.4) is 0 Å². The highest BCUT2D eigenvalue weighted by Crippen LogP contribution is 2.48. The van der Waals surface area contributed by atoms with Gasteiger partial charge in [0.2, 0.25) is 0 Å². The van der Waals surface area contributed by atoms with Gasteiger partial charge in [-0.15, -0.1) is 0 Å². The van der Waals surface area contributed by atoms with E-state index < -0.39 is 0 Å². The quantitative estimate of drug-likeness (QED) is 0.663. The Balaban J connectivity index is 1.67. The Morgan fingerprint density at radius 1 is 1.11 bits per heavy atom. The van der Waals surface area contributed by atoms with Gasteiger partial charge >= 0.3 is 5.97 Å². The van der Waals surface area contributed by atoms with Crippen molar-refractivity contribution in [1.82, 2.24) is 9.88 Å². The summed E-state index contributed by atoms with van der Waals surface area (Å²) in [6.07, 6.45) is 1.85. The molecule has 3 aromatic rings. The van der Waals surface area contributed by atoms with Crippen LogP contribution in [0.15, 0.2) is 65.9 Å². The van der Waals surface area contributed by atoms with Crippen molar-refractivity contribution in [2.45, 2.75) is 31.7 Å². The molecule has 5 rings (SSSR count). The number of fused-ring (bicyclic) bond motifs is 5. The molecular weight excluding hydrogens is 348 g/mol. The number of nitrogens with one attached hydrogen (secondary N) is 1. The van der Waals surface area contributed by atoms with Crippen LogP contribution in [0.2, 0.25) is 0 Å². The lowest BCUT2D eigenvalue weighted by Gasteiger charge is -2.45. The molecule has 2 aliphatic rings. The van der Waals surface area contributed by atoms with Gasteiger partial charge in [0, 0.05) is 34.8 Å². The fourth-order valence-electron chi connectivity index (χ4n) is 5.10. The van der Waals surface area contributed by atoms with Crippen molar-refractivity contribution in [3.05, 3.63) is 82.7 Å². The number of nitrogens with zero attached hydrogens (tertiary/aromatic N) is 1. The van der Waals surface area contributed by atoms with E-state index in [1.54, 1.807) is 0 Å². The highest BCUT2D eigenvalue weighted by molar-refractivity contribution is 5.91. The Morgan fingerprint density at radius 2 is 1.86 bits per heavy atom. The molecule has 4 nitrogen and oxygen atoms in total. The smallest absolute Gasteiger partial charge is 0.336 e. The molecular formula is C24H24N2O2. The first-order valence-electron chi connectivity index (χ1n) is 9.89. The van der Waals surface area contributed by atoms with E-state index in [1.807, 2.05) is 18.2 Å². The summed E-state index contributed by atoms with van der Waals surface area (Å²) in [5, 5.41) is 1.33. The molecule has 0 fully saturated rings. The second-order valence-electron chi connectivity index (χ2n) is 7.71. The summed E-state index contributed by atoms with van der Waals surface area (Å²) in [4.78, 5) is 18.8. The van der Waals surface area contributed by atoms with Gasteiger partial charge in [-0.2, -0.15) is 0 Å². The molecule has 4 heteroatoms. The molecule has 1 aromatic heterocycles. The highest BCUT2D eigenvalue weighted by atomic mass is 16.5. The van der Waals surface area contributed by atoms with Crippen LogP contribution < -0.4 is 0 Å². The number of carbonyl (C=O) groups is 1. The van der Waals surface area contributed by atoms with E-state index in [0.717, 1.165) is 30.7 Å². The second-order valence-corrected chi connectivity index (χ2v) is 7.71. The van der Waals surface area contributed by atoms with Crippen molar-refractivity contribution >= 4 is 16.9 Å². The van der Waals surface area contributed by atoms with Crippen molar-refractivity contribution in [3.8, 4) is 0 Å².